The first-order valence-corrected chi connectivity index (χ1v) is 7.80. The van der Waals surface area contributed by atoms with E-state index < -0.39 is 0 Å². The van der Waals surface area contributed by atoms with E-state index in [1.165, 1.54) is 17.8 Å². The molecule has 0 saturated heterocycles. The van der Waals surface area contributed by atoms with Crippen molar-refractivity contribution in [2.75, 3.05) is 6.54 Å². The Morgan fingerprint density at radius 2 is 2.14 bits per heavy atom. The van der Waals surface area contributed by atoms with Gasteiger partial charge in [0, 0.05) is 18.4 Å². The molecule has 6 heteroatoms. The molecule has 0 radical (unpaired) electrons. The van der Waals surface area contributed by atoms with E-state index in [4.69, 9.17) is 0 Å². The average molecular weight is 315 g/mol. The topological polar surface area (TPSA) is 74.8 Å². The minimum absolute atomic E-state index is 0.0800. The second-order valence-electron chi connectivity index (χ2n) is 4.59. The molecule has 0 bridgehead atoms. The van der Waals surface area contributed by atoms with Crippen LogP contribution < -0.4 is 10.9 Å². The third-order valence-corrected chi connectivity index (χ3v) is 3.72. The molecule has 0 aliphatic carbocycles. The Bertz CT molecular complexity index is 698. The first-order valence-electron chi connectivity index (χ1n) is 6.82. The molecule has 0 atom stereocenters. The van der Waals surface area contributed by atoms with Crippen LogP contribution in [0.2, 0.25) is 0 Å². The minimum atomic E-state index is -0.253. The predicted octanol–water partition coefficient (Wildman–Crippen LogP) is 1.91. The van der Waals surface area contributed by atoms with Crippen molar-refractivity contribution in [2.24, 2.45) is 0 Å². The lowest BCUT2D eigenvalue weighted by Crippen LogP contribution is -2.26. The van der Waals surface area contributed by atoms with Gasteiger partial charge in [0.25, 0.3) is 5.56 Å². The van der Waals surface area contributed by atoms with Gasteiger partial charge in [-0.2, -0.15) is 0 Å². The highest BCUT2D eigenvalue weighted by Gasteiger charge is 2.07. The van der Waals surface area contributed by atoms with Crippen molar-refractivity contribution in [3.63, 3.8) is 0 Å². The van der Waals surface area contributed by atoms with Gasteiger partial charge in [0.1, 0.15) is 0 Å². The molecule has 1 aromatic heterocycles. The van der Waals surface area contributed by atoms with Crippen molar-refractivity contribution in [3.8, 4) is 0 Å². The van der Waals surface area contributed by atoms with E-state index >= 15 is 0 Å². The van der Waals surface area contributed by atoms with Crippen LogP contribution in [0.4, 0.5) is 0 Å². The maximum absolute atomic E-state index is 11.7. The lowest BCUT2D eigenvalue weighted by Gasteiger charge is -2.05. The van der Waals surface area contributed by atoms with Crippen LogP contribution in [-0.4, -0.2) is 22.4 Å². The van der Waals surface area contributed by atoms with Gasteiger partial charge < -0.3 is 10.3 Å². The summed E-state index contributed by atoms with van der Waals surface area (Å²) in [6.07, 6.45) is 1.68. The number of amides is 1. The van der Waals surface area contributed by atoms with E-state index in [-0.39, 0.29) is 17.9 Å². The Morgan fingerprint density at radius 1 is 1.36 bits per heavy atom. The molecule has 2 aromatic rings. The summed E-state index contributed by atoms with van der Waals surface area (Å²) < 4.78 is 0. The Labute approximate surface area is 132 Å². The van der Waals surface area contributed by atoms with Crippen LogP contribution >= 0.6 is 11.8 Å². The minimum Gasteiger partial charge on any atom is -0.352 e. The summed E-state index contributed by atoms with van der Waals surface area (Å²) in [6.45, 7) is 3.93. The highest BCUT2D eigenvalue weighted by atomic mass is 32.2. The van der Waals surface area contributed by atoms with Crippen LogP contribution in [-0.2, 0) is 17.0 Å². The van der Waals surface area contributed by atoms with Gasteiger partial charge in [0.15, 0.2) is 5.16 Å². The molecule has 0 aliphatic rings. The van der Waals surface area contributed by atoms with E-state index in [0.717, 1.165) is 5.56 Å². The number of hydrogen-bond acceptors (Lipinski definition) is 4. The first-order chi connectivity index (χ1) is 10.7. The van der Waals surface area contributed by atoms with Gasteiger partial charge in [-0.25, -0.2) is 4.98 Å². The molecule has 5 nitrogen and oxygen atoms in total. The largest absolute Gasteiger partial charge is 0.352 e. The van der Waals surface area contributed by atoms with E-state index in [9.17, 15) is 9.59 Å². The lowest BCUT2D eigenvalue weighted by molar-refractivity contribution is -0.120. The second kappa shape index (κ2) is 8.19. The number of nitrogens with one attached hydrogen (secondary N) is 2. The number of carbonyl (C=O) groups excluding carboxylic acids is 1. The van der Waals surface area contributed by atoms with Gasteiger partial charge in [-0.05, 0) is 5.56 Å². The van der Waals surface area contributed by atoms with Gasteiger partial charge in [0.2, 0.25) is 5.91 Å². The van der Waals surface area contributed by atoms with Crippen LogP contribution in [0.25, 0.3) is 0 Å². The molecule has 22 heavy (non-hydrogen) atoms. The molecule has 0 fully saturated rings. The SMILES string of the molecule is C=CCNC(=O)Cc1cc(=O)[nH]c(SCc2ccccc2)n1. The number of nitrogens with zero attached hydrogens (tertiary/aromatic N) is 1. The highest BCUT2D eigenvalue weighted by molar-refractivity contribution is 7.98. The van der Waals surface area contributed by atoms with Crippen LogP contribution in [0.3, 0.4) is 0 Å². The molecular formula is C16H17N3O2S. The zero-order valence-electron chi connectivity index (χ0n) is 12.0. The molecule has 0 spiro atoms. The molecule has 0 unspecified atom stereocenters. The van der Waals surface area contributed by atoms with Crippen LogP contribution in [0.5, 0.6) is 0 Å². The summed E-state index contributed by atoms with van der Waals surface area (Å²) >= 11 is 1.43. The number of thioether (sulfide) groups is 1. The number of benzene rings is 1. The summed E-state index contributed by atoms with van der Waals surface area (Å²) in [7, 11) is 0. The molecule has 0 aliphatic heterocycles. The molecule has 114 valence electrons. The number of aromatic amines is 1. The van der Waals surface area contributed by atoms with Gasteiger partial charge in [-0.3, -0.25) is 9.59 Å². The van der Waals surface area contributed by atoms with Gasteiger partial charge in [-0.1, -0.05) is 48.2 Å². The maximum Gasteiger partial charge on any atom is 0.251 e. The summed E-state index contributed by atoms with van der Waals surface area (Å²) in [5, 5.41) is 3.18. The smallest absolute Gasteiger partial charge is 0.251 e. The van der Waals surface area contributed by atoms with Crippen molar-refractivity contribution >= 4 is 17.7 Å². The van der Waals surface area contributed by atoms with Crippen molar-refractivity contribution in [1.29, 1.82) is 0 Å². The van der Waals surface area contributed by atoms with Crippen molar-refractivity contribution in [3.05, 3.63) is 70.7 Å². The Kier molecular flexibility index (Phi) is 5.97. The second-order valence-corrected chi connectivity index (χ2v) is 5.55. The van der Waals surface area contributed by atoms with Crippen molar-refractivity contribution in [1.82, 2.24) is 15.3 Å². The number of hydrogen-bond donors (Lipinski definition) is 2. The Hall–Kier alpha value is -2.34. The first kappa shape index (κ1) is 16.0. The number of rotatable bonds is 7. The van der Waals surface area contributed by atoms with E-state index in [1.807, 2.05) is 30.3 Å². The summed E-state index contributed by atoms with van der Waals surface area (Å²) in [5.74, 6) is 0.521. The Morgan fingerprint density at radius 3 is 2.86 bits per heavy atom. The molecule has 1 amide bonds. The molecule has 1 heterocycles. The lowest BCUT2D eigenvalue weighted by atomic mass is 10.2. The summed E-state index contributed by atoms with van der Waals surface area (Å²) in [6, 6.07) is 11.3. The zero-order valence-corrected chi connectivity index (χ0v) is 12.9. The Balaban J connectivity index is 2.01. The van der Waals surface area contributed by atoms with Gasteiger partial charge in [0.05, 0.1) is 12.1 Å². The predicted molar refractivity (Wildman–Crippen MR) is 87.8 cm³/mol. The van der Waals surface area contributed by atoms with E-state index in [0.29, 0.717) is 23.1 Å². The number of H-pyrrole nitrogens is 1. The molecular weight excluding hydrogens is 298 g/mol. The molecule has 1 aromatic carbocycles. The monoisotopic (exact) mass is 315 g/mol. The van der Waals surface area contributed by atoms with Crippen LogP contribution in [0.15, 0.2) is 59.0 Å². The maximum atomic E-state index is 11.7. The van der Waals surface area contributed by atoms with Crippen molar-refractivity contribution in [2.45, 2.75) is 17.3 Å². The quantitative estimate of drug-likeness (QED) is 0.465. The number of aromatic nitrogens is 2. The fourth-order valence-corrected chi connectivity index (χ4v) is 2.63. The standard InChI is InChI=1S/C16H17N3O2S/c1-2-8-17-14(20)9-13-10-15(21)19-16(18-13)22-11-12-6-4-3-5-7-12/h2-7,10H,1,8-9,11H2,(H,17,20)(H,18,19,21). The fourth-order valence-electron chi connectivity index (χ4n) is 1.78. The third kappa shape index (κ3) is 5.21. The van der Waals surface area contributed by atoms with E-state index in [2.05, 4.69) is 21.9 Å². The van der Waals surface area contributed by atoms with E-state index in [1.54, 1.807) is 6.08 Å². The third-order valence-electron chi connectivity index (χ3n) is 2.78. The normalized spacial score (nSPS) is 10.2. The zero-order chi connectivity index (χ0) is 15.8. The van der Waals surface area contributed by atoms with Gasteiger partial charge in [-0.15, -0.1) is 6.58 Å². The molecule has 0 saturated carbocycles. The molecule has 2 N–H and O–H groups in total. The van der Waals surface area contributed by atoms with Crippen LogP contribution in [0, 0.1) is 0 Å². The fraction of sp³-hybridized carbons (Fsp3) is 0.188. The summed E-state index contributed by atoms with van der Waals surface area (Å²) in [4.78, 5) is 30.3. The van der Waals surface area contributed by atoms with Crippen molar-refractivity contribution < 1.29 is 4.79 Å². The summed E-state index contributed by atoms with van der Waals surface area (Å²) in [5.41, 5.74) is 1.35. The number of carbonyl (C=O) groups is 1. The molecule has 2 rings (SSSR count). The average Bonchev–Trinajstić information content (AvgIpc) is 2.51. The van der Waals surface area contributed by atoms with Crippen LogP contribution in [0.1, 0.15) is 11.3 Å². The van der Waals surface area contributed by atoms with Gasteiger partial charge >= 0.3 is 0 Å². The highest BCUT2D eigenvalue weighted by Crippen LogP contribution is 2.18.